The summed E-state index contributed by atoms with van der Waals surface area (Å²) in [4.78, 5) is 15.0. The summed E-state index contributed by atoms with van der Waals surface area (Å²) in [5.41, 5.74) is 4.35. The lowest BCUT2D eigenvalue weighted by molar-refractivity contribution is -0.139. The van der Waals surface area contributed by atoms with Crippen LogP contribution in [0.2, 0.25) is 5.02 Å². The van der Waals surface area contributed by atoms with Crippen molar-refractivity contribution in [1.82, 2.24) is 9.21 Å². The monoisotopic (exact) mass is 478 g/mol. The van der Waals surface area contributed by atoms with Crippen LogP contribution in [-0.4, -0.2) is 55.8 Å². The molecular weight excluding hydrogens is 448 g/mol. The zero-order valence-electron chi connectivity index (χ0n) is 19.5. The first kappa shape index (κ1) is 24.6. The largest absolute Gasteiger partial charge is 0.481 e. The van der Waals surface area contributed by atoms with Crippen LogP contribution >= 0.6 is 11.6 Å². The van der Waals surface area contributed by atoms with Crippen molar-refractivity contribution in [2.75, 3.05) is 26.2 Å². The molecule has 6 nitrogen and oxygen atoms in total. The van der Waals surface area contributed by atoms with Gasteiger partial charge in [0, 0.05) is 31.2 Å². The lowest BCUT2D eigenvalue weighted by Gasteiger charge is -2.36. The quantitative estimate of drug-likeness (QED) is 0.646. The number of aryl methyl sites for hydroxylation is 3. The average Bonchev–Trinajstić information content (AvgIpc) is 2.74. The van der Waals surface area contributed by atoms with E-state index in [-0.39, 0.29) is 19.0 Å². The molecule has 1 saturated heterocycles. The fourth-order valence-electron chi connectivity index (χ4n) is 4.09. The Bertz CT molecular complexity index is 1110. The maximum Gasteiger partial charge on any atom is 0.263 e. The summed E-state index contributed by atoms with van der Waals surface area (Å²) >= 11 is 5.98. The molecule has 1 aliphatic heterocycles. The Labute approximate surface area is 196 Å². The Balaban J connectivity index is 1.70. The highest BCUT2D eigenvalue weighted by atomic mass is 35.5. The number of ether oxygens (including phenoxy) is 1. The van der Waals surface area contributed by atoms with Gasteiger partial charge < -0.3 is 9.64 Å². The number of piperazine rings is 1. The van der Waals surface area contributed by atoms with Crippen LogP contribution < -0.4 is 4.74 Å². The fourth-order valence-corrected chi connectivity index (χ4v) is 6.31. The Kier molecular flexibility index (Phi) is 7.22. The third kappa shape index (κ3) is 4.80. The SMILES string of the molecule is Cc1cc(Cl)ccc1O[C@H](C)C(=O)N1CCN(S(=O)(=O)c2c(C)c(C)cc(C)c2C)CC1. The fraction of sp³-hybridized carbons (Fsp3) is 0.458. The lowest BCUT2D eigenvalue weighted by atomic mass is 10.0. The number of amides is 1. The Morgan fingerprint density at radius 2 is 1.50 bits per heavy atom. The van der Waals surface area contributed by atoms with Crippen LogP contribution in [0.1, 0.15) is 34.7 Å². The molecule has 1 fully saturated rings. The highest BCUT2D eigenvalue weighted by molar-refractivity contribution is 7.89. The van der Waals surface area contributed by atoms with Gasteiger partial charge in [-0.25, -0.2) is 8.42 Å². The van der Waals surface area contributed by atoms with Gasteiger partial charge in [-0.15, -0.1) is 0 Å². The second kappa shape index (κ2) is 9.41. The normalized spacial score (nSPS) is 16.2. The molecule has 1 heterocycles. The first-order valence-electron chi connectivity index (χ1n) is 10.7. The molecule has 1 atom stereocenters. The number of halogens is 1. The van der Waals surface area contributed by atoms with Gasteiger partial charge in [0.25, 0.3) is 5.91 Å². The average molecular weight is 479 g/mol. The summed E-state index contributed by atoms with van der Waals surface area (Å²) in [6.07, 6.45) is -0.679. The molecule has 0 bridgehead atoms. The number of hydrogen-bond donors (Lipinski definition) is 0. The third-order valence-corrected chi connectivity index (χ3v) is 8.64. The van der Waals surface area contributed by atoms with Crippen LogP contribution in [0, 0.1) is 34.6 Å². The van der Waals surface area contributed by atoms with Crippen LogP contribution in [0.15, 0.2) is 29.2 Å². The highest BCUT2D eigenvalue weighted by Gasteiger charge is 2.34. The van der Waals surface area contributed by atoms with Crippen molar-refractivity contribution in [2.45, 2.75) is 52.5 Å². The molecule has 0 radical (unpaired) electrons. The first-order valence-corrected chi connectivity index (χ1v) is 12.5. The molecule has 174 valence electrons. The number of benzene rings is 2. The summed E-state index contributed by atoms with van der Waals surface area (Å²) in [6.45, 7) is 12.3. The number of carbonyl (C=O) groups excluding carboxylic acids is 1. The molecule has 0 saturated carbocycles. The zero-order valence-corrected chi connectivity index (χ0v) is 21.1. The van der Waals surface area contributed by atoms with E-state index in [1.165, 1.54) is 4.31 Å². The summed E-state index contributed by atoms with van der Waals surface area (Å²) < 4.78 is 34.2. The van der Waals surface area contributed by atoms with Gasteiger partial charge in [0.05, 0.1) is 4.90 Å². The number of carbonyl (C=O) groups is 1. The lowest BCUT2D eigenvalue weighted by Crippen LogP contribution is -2.53. The highest BCUT2D eigenvalue weighted by Crippen LogP contribution is 2.29. The van der Waals surface area contributed by atoms with Crippen molar-refractivity contribution in [1.29, 1.82) is 0 Å². The third-order valence-electron chi connectivity index (χ3n) is 6.23. The summed E-state index contributed by atoms with van der Waals surface area (Å²) in [5, 5.41) is 0.612. The van der Waals surface area contributed by atoms with Crippen LogP contribution in [0.25, 0.3) is 0 Å². The van der Waals surface area contributed by atoms with E-state index in [2.05, 4.69) is 0 Å². The summed E-state index contributed by atoms with van der Waals surface area (Å²) in [7, 11) is -3.64. The molecule has 0 N–H and O–H groups in total. The molecule has 0 aliphatic carbocycles. The van der Waals surface area contributed by atoms with Crippen molar-refractivity contribution in [3.63, 3.8) is 0 Å². The van der Waals surface area contributed by atoms with Gasteiger partial charge in [-0.3, -0.25) is 4.79 Å². The van der Waals surface area contributed by atoms with E-state index < -0.39 is 16.1 Å². The van der Waals surface area contributed by atoms with E-state index in [0.29, 0.717) is 28.8 Å². The molecule has 2 aromatic carbocycles. The van der Waals surface area contributed by atoms with Gasteiger partial charge >= 0.3 is 0 Å². The van der Waals surface area contributed by atoms with Crippen molar-refractivity contribution in [3.8, 4) is 5.75 Å². The van der Waals surface area contributed by atoms with E-state index in [1.54, 1.807) is 30.0 Å². The van der Waals surface area contributed by atoms with Crippen LogP contribution in [0.3, 0.4) is 0 Å². The molecular formula is C24H31ClN2O4S. The second-order valence-electron chi connectivity index (χ2n) is 8.49. The molecule has 8 heteroatoms. The Morgan fingerprint density at radius 1 is 0.938 bits per heavy atom. The summed E-state index contributed by atoms with van der Waals surface area (Å²) in [5.74, 6) is 0.451. The minimum Gasteiger partial charge on any atom is -0.481 e. The predicted molar refractivity (Wildman–Crippen MR) is 127 cm³/mol. The maximum atomic E-state index is 13.4. The van der Waals surface area contributed by atoms with E-state index in [4.69, 9.17) is 16.3 Å². The summed E-state index contributed by atoms with van der Waals surface area (Å²) in [6, 6.07) is 7.28. The molecule has 0 spiro atoms. The first-order chi connectivity index (χ1) is 14.9. The van der Waals surface area contributed by atoms with E-state index in [1.807, 2.05) is 40.7 Å². The van der Waals surface area contributed by atoms with Crippen LogP contribution in [0.4, 0.5) is 0 Å². The zero-order chi connectivity index (χ0) is 23.8. The van der Waals surface area contributed by atoms with E-state index in [9.17, 15) is 13.2 Å². The van der Waals surface area contributed by atoms with Crippen LogP contribution in [-0.2, 0) is 14.8 Å². The molecule has 2 aromatic rings. The molecule has 3 rings (SSSR count). The maximum absolute atomic E-state index is 13.4. The molecule has 0 aromatic heterocycles. The van der Waals surface area contributed by atoms with Gasteiger partial charge in [0.1, 0.15) is 5.75 Å². The molecule has 1 amide bonds. The van der Waals surface area contributed by atoms with Gasteiger partial charge in [-0.1, -0.05) is 17.7 Å². The molecule has 0 unspecified atom stereocenters. The van der Waals surface area contributed by atoms with Crippen molar-refractivity contribution >= 4 is 27.5 Å². The minimum absolute atomic E-state index is 0.157. The van der Waals surface area contributed by atoms with Gasteiger partial charge in [-0.2, -0.15) is 4.31 Å². The molecule has 32 heavy (non-hydrogen) atoms. The number of hydrogen-bond acceptors (Lipinski definition) is 4. The minimum atomic E-state index is -3.64. The second-order valence-corrected chi connectivity index (χ2v) is 10.8. The number of rotatable bonds is 5. The topological polar surface area (TPSA) is 66.9 Å². The Hall–Kier alpha value is -2.09. The van der Waals surface area contributed by atoms with Gasteiger partial charge in [-0.05, 0) is 87.6 Å². The van der Waals surface area contributed by atoms with E-state index in [0.717, 1.165) is 27.8 Å². The predicted octanol–water partition coefficient (Wildman–Crippen LogP) is 4.18. The number of nitrogens with zero attached hydrogens (tertiary/aromatic N) is 2. The van der Waals surface area contributed by atoms with Gasteiger partial charge in [0.2, 0.25) is 10.0 Å². The standard InChI is InChI=1S/C24H31ClN2O4S/c1-15-13-16(2)19(5)23(18(15)4)32(29,30)27-11-9-26(10-12-27)24(28)20(6)31-22-8-7-21(25)14-17(22)3/h7-8,13-14,20H,9-12H2,1-6H3/t20-/m1/s1. The van der Waals surface area contributed by atoms with Crippen molar-refractivity contribution in [3.05, 3.63) is 57.1 Å². The number of sulfonamides is 1. The van der Waals surface area contributed by atoms with Gasteiger partial charge in [0.15, 0.2) is 6.10 Å². The smallest absolute Gasteiger partial charge is 0.263 e. The van der Waals surface area contributed by atoms with Crippen LogP contribution in [0.5, 0.6) is 5.75 Å². The van der Waals surface area contributed by atoms with Crippen molar-refractivity contribution in [2.24, 2.45) is 0 Å². The van der Waals surface area contributed by atoms with Crippen molar-refractivity contribution < 1.29 is 17.9 Å². The molecule has 1 aliphatic rings. The van der Waals surface area contributed by atoms with E-state index >= 15 is 0 Å². The Morgan fingerprint density at radius 3 is 2.03 bits per heavy atom.